The molecule has 0 spiro atoms. The molecule has 216 valence electrons. The van der Waals surface area contributed by atoms with Gasteiger partial charge in [0.25, 0.3) is 0 Å². The highest BCUT2D eigenvalue weighted by molar-refractivity contribution is 5.17. The molecule has 0 saturated carbocycles. The van der Waals surface area contributed by atoms with Gasteiger partial charge in [0.2, 0.25) is 0 Å². The Morgan fingerprint density at radius 1 is 0.375 bits per heavy atom. The maximum absolute atomic E-state index is 4.28. The van der Waals surface area contributed by atoms with Crippen molar-refractivity contribution in [3.05, 3.63) is 118 Å². The van der Waals surface area contributed by atoms with Crippen LogP contribution in [0.4, 0.5) is 0 Å². The lowest BCUT2D eigenvalue weighted by atomic mass is 10.1. The topological polar surface area (TPSA) is 51.6 Å². The van der Waals surface area contributed by atoms with Crippen LogP contribution >= 0.6 is 0 Å². The summed E-state index contributed by atoms with van der Waals surface area (Å²) in [5, 5.41) is 0. The maximum atomic E-state index is 4.28. The highest BCUT2D eigenvalue weighted by atomic mass is 14.7. The number of rotatable bonds is 4. The summed E-state index contributed by atoms with van der Waals surface area (Å²) in [4.78, 5) is 17.0. The second-order valence-corrected chi connectivity index (χ2v) is 11.6. The van der Waals surface area contributed by atoms with Crippen molar-refractivity contribution in [2.24, 2.45) is 0 Å². The van der Waals surface area contributed by atoms with Gasteiger partial charge >= 0.3 is 0 Å². The first-order valence-electron chi connectivity index (χ1n) is 14.5. The van der Waals surface area contributed by atoms with Crippen molar-refractivity contribution in [2.45, 2.75) is 107 Å². The molecule has 0 aromatic carbocycles. The molecule has 0 N–H and O–H groups in total. The molecule has 0 aliphatic rings. The van der Waals surface area contributed by atoms with E-state index in [0.717, 1.165) is 5.69 Å². The number of pyridine rings is 4. The third kappa shape index (κ3) is 14.1. The third-order valence-corrected chi connectivity index (χ3v) is 6.18. The zero-order chi connectivity index (χ0) is 30.2. The van der Waals surface area contributed by atoms with Gasteiger partial charge in [0, 0.05) is 47.6 Å². The monoisotopic (exact) mass is 540 g/mol. The van der Waals surface area contributed by atoms with Gasteiger partial charge in [-0.1, -0.05) is 79.7 Å². The summed E-state index contributed by atoms with van der Waals surface area (Å²) in [5.74, 6) is 2.22. The smallest absolute Gasteiger partial charge is 0.0429 e. The maximum Gasteiger partial charge on any atom is 0.0429 e. The summed E-state index contributed by atoms with van der Waals surface area (Å²) in [6.07, 6.45) is 7.68. The summed E-state index contributed by atoms with van der Waals surface area (Å²) in [6.45, 7) is 25.4. The van der Waals surface area contributed by atoms with Gasteiger partial charge in [-0.05, 0) is 97.9 Å². The molecule has 4 heterocycles. The highest BCUT2D eigenvalue weighted by Crippen LogP contribution is 2.13. The highest BCUT2D eigenvalue weighted by Gasteiger charge is 1.99. The summed E-state index contributed by atoms with van der Waals surface area (Å²) < 4.78 is 0. The Bertz CT molecular complexity index is 992. The van der Waals surface area contributed by atoms with Crippen LogP contribution in [0.1, 0.15) is 124 Å². The first kappa shape index (κ1) is 34.6. The van der Waals surface area contributed by atoms with E-state index in [2.05, 4.69) is 145 Å². The standard InChI is InChI=1S/4C9H13N/c1-7(2)9-5-4-8(3)10-6-9;3*1-7(2)9-5-4-8(3)6-10-9/h4*4-7H,1-3H3. The lowest BCUT2D eigenvalue weighted by Crippen LogP contribution is -1.90. The first-order valence-corrected chi connectivity index (χ1v) is 14.5. The molecule has 40 heavy (non-hydrogen) atoms. The van der Waals surface area contributed by atoms with Crippen LogP contribution in [0.15, 0.2) is 73.3 Å². The van der Waals surface area contributed by atoms with E-state index in [-0.39, 0.29) is 0 Å². The second-order valence-electron chi connectivity index (χ2n) is 11.6. The minimum Gasteiger partial charge on any atom is -0.261 e. The Hall–Kier alpha value is -3.40. The van der Waals surface area contributed by atoms with Crippen molar-refractivity contribution < 1.29 is 0 Å². The predicted octanol–water partition coefficient (Wildman–Crippen LogP) is 10.1. The summed E-state index contributed by atoms with van der Waals surface area (Å²) in [5.41, 5.74) is 9.59. The van der Waals surface area contributed by atoms with E-state index in [1.165, 1.54) is 39.3 Å². The van der Waals surface area contributed by atoms with Crippen molar-refractivity contribution in [2.75, 3.05) is 0 Å². The number of hydrogen-bond donors (Lipinski definition) is 0. The van der Waals surface area contributed by atoms with Crippen LogP contribution in [0.5, 0.6) is 0 Å². The van der Waals surface area contributed by atoms with Crippen LogP contribution in [0.3, 0.4) is 0 Å². The number of aryl methyl sites for hydroxylation is 4. The molecule has 4 nitrogen and oxygen atoms in total. The Morgan fingerprint density at radius 2 is 0.725 bits per heavy atom. The van der Waals surface area contributed by atoms with Crippen molar-refractivity contribution in [3.8, 4) is 0 Å². The molecule has 4 aromatic heterocycles. The average Bonchev–Trinajstić information content (AvgIpc) is 2.91. The number of hydrogen-bond acceptors (Lipinski definition) is 4. The number of nitrogens with zero attached hydrogens (tertiary/aromatic N) is 4. The summed E-state index contributed by atoms with van der Waals surface area (Å²) in [7, 11) is 0. The molecular weight excluding hydrogens is 488 g/mol. The SMILES string of the molecule is Cc1ccc(C(C)C)cn1.Cc1ccc(C(C)C)nc1.Cc1ccc(C(C)C)nc1.Cc1ccc(C(C)C)nc1. The van der Waals surface area contributed by atoms with E-state index in [4.69, 9.17) is 0 Å². The normalized spacial score (nSPS) is 10.4. The summed E-state index contributed by atoms with van der Waals surface area (Å²) in [6, 6.07) is 16.7. The molecule has 0 atom stereocenters. The summed E-state index contributed by atoms with van der Waals surface area (Å²) >= 11 is 0. The fraction of sp³-hybridized carbons (Fsp3) is 0.444. The van der Waals surface area contributed by atoms with E-state index in [9.17, 15) is 0 Å². The molecule has 0 aliphatic carbocycles. The Morgan fingerprint density at radius 3 is 0.925 bits per heavy atom. The predicted molar refractivity (Wildman–Crippen MR) is 172 cm³/mol. The zero-order valence-corrected chi connectivity index (χ0v) is 27.0. The quantitative estimate of drug-likeness (QED) is 0.258. The molecular formula is C36H52N4. The molecule has 4 aromatic rings. The van der Waals surface area contributed by atoms with Gasteiger partial charge in [-0.3, -0.25) is 19.9 Å². The molecule has 4 rings (SSSR count). The third-order valence-electron chi connectivity index (χ3n) is 6.18. The van der Waals surface area contributed by atoms with E-state index in [0.29, 0.717) is 23.7 Å². The van der Waals surface area contributed by atoms with Crippen molar-refractivity contribution in [3.63, 3.8) is 0 Å². The van der Waals surface area contributed by atoms with Gasteiger partial charge in [-0.15, -0.1) is 0 Å². The van der Waals surface area contributed by atoms with E-state index >= 15 is 0 Å². The van der Waals surface area contributed by atoms with Gasteiger partial charge in [-0.25, -0.2) is 0 Å². The van der Waals surface area contributed by atoms with E-state index < -0.39 is 0 Å². The van der Waals surface area contributed by atoms with Crippen LogP contribution < -0.4 is 0 Å². The molecule has 0 fully saturated rings. The Balaban J connectivity index is 0.000000267. The molecule has 4 heteroatoms. The molecule has 0 unspecified atom stereocenters. The van der Waals surface area contributed by atoms with Crippen molar-refractivity contribution in [1.29, 1.82) is 0 Å². The van der Waals surface area contributed by atoms with Crippen molar-refractivity contribution >= 4 is 0 Å². The Labute approximate surface area is 244 Å². The minimum atomic E-state index is 0.542. The molecule has 0 radical (unpaired) electrons. The van der Waals surface area contributed by atoms with E-state index in [1.54, 1.807) is 0 Å². The number of aromatic nitrogens is 4. The first-order chi connectivity index (χ1) is 18.8. The second kappa shape index (κ2) is 18.0. The molecule has 0 saturated heterocycles. The molecule has 0 aliphatic heterocycles. The lowest BCUT2D eigenvalue weighted by Gasteiger charge is -2.02. The van der Waals surface area contributed by atoms with Crippen molar-refractivity contribution in [1.82, 2.24) is 19.9 Å². The van der Waals surface area contributed by atoms with Crippen LogP contribution in [-0.2, 0) is 0 Å². The minimum absolute atomic E-state index is 0.542. The van der Waals surface area contributed by atoms with Crippen LogP contribution in [0.25, 0.3) is 0 Å². The lowest BCUT2D eigenvalue weighted by molar-refractivity contribution is 0.821. The zero-order valence-electron chi connectivity index (χ0n) is 27.0. The van der Waals surface area contributed by atoms with Crippen LogP contribution in [0.2, 0.25) is 0 Å². The van der Waals surface area contributed by atoms with Gasteiger partial charge < -0.3 is 0 Å². The van der Waals surface area contributed by atoms with Gasteiger partial charge in [0.15, 0.2) is 0 Å². The molecule has 0 bridgehead atoms. The van der Waals surface area contributed by atoms with Crippen LogP contribution in [-0.4, -0.2) is 19.9 Å². The Kier molecular flexibility index (Phi) is 15.6. The fourth-order valence-corrected chi connectivity index (χ4v) is 3.28. The fourth-order valence-electron chi connectivity index (χ4n) is 3.28. The van der Waals surface area contributed by atoms with E-state index in [1.807, 2.05) is 31.7 Å². The van der Waals surface area contributed by atoms with Crippen LogP contribution in [0, 0.1) is 27.7 Å². The molecule has 0 amide bonds. The van der Waals surface area contributed by atoms with Gasteiger partial charge in [0.1, 0.15) is 0 Å². The van der Waals surface area contributed by atoms with Gasteiger partial charge in [0.05, 0.1) is 0 Å². The van der Waals surface area contributed by atoms with Gasteiger partial charge in [-0.2, -0.15) is 0 Å². The largest absolute Gasteiger partial charge is 0.261 e. The average molecular weight is 541 g/mol.